The van der Waals surface area contributed by atoms with E-state index in [4.69, 9.17) is 10.8 Å². The summed E-state index contributed by atoms with van der Waals surface area (Å²) in [7, 11) is 0. The molecule has 1 amide bonds. The molecule has 0 aromatic carbocycles. The summed E-state index contributed by atoms with van der Waals surface area (Å²) in [6.45, 7) is 4.03. The third kappa shape index (κ3) is 3.95. The predicted molar refractivity (Wildman–Crippen MR) is 67.1 cm³/mol. The van der Waals surface area contributed by atoms with E-state index in [2.05, 4.69) is 10.2 Å². The maximum absolute atomic E-state index is 11.9. The van der Waals surface area contributed by atoms with Crippen molar-refractivity contribution in [1.82, 2.24) is 15.1 Å². The molecule has 1 rings (SSSR count). The smallest absolute Gasteiger partial charge is 0.308 e. The Balaban J connectivity index is 2.59. The van der Waals surface area contributed by atoms with Gasteiger partial charge in [0.15, 0.2) is 0 Å². The highest BCUT2D eigenvalue weighted by atomic mass is 32.1. The molecule has 0 saturated carbocycles. The highest BCUT2D eigenvalue weighted by Gasteiger charge is 2.20. The third-order valence-corrected chi connectivity index (χ3v) is 3.19. The van der Waals surface area contributed by atoms with Crippen molar-refractivity contribution < 1.29 is 14.7 Å². The van der Waals surface area contributed by atoms with Gasteiger partial charge in [0, 0.05) is 13.1 Å². The first-order valence-corrected chi connectivity index (χ1v) is 6.34. The van der Waals surface area contributed by atoms with E-state index in [-0.39, 0.29) is 18.9 Å². The zero-order valence-electron chi connectivity index (χ0n) is 10.3. The van der Waals surface area contributed by atoms with Crippen LogP contribution >= 0.6 is 11.3 Å². The number of carboxylic acids is 1. The molecular weight excluding hydrogens is 256 g/mol. The Morgan fingerprint density at radius 1 is 1.50 bits per heavy atom. The lowest BCUT2D eigenvalue weighted by Crippen LogP contribution is -2.37. The number of nitrogens with zero attached hydrogens (tertiary/aromatic N) is 3. The van der Waals surface area contributed by atoms with Gasteiger partial charge in [-0.1, -0.05) is 18.3 Å². The molecule has 0 spiro atoms. The normalized spacial score (nSPS) is 12.1. The second-order valence-corrected chi connectivity index (χ2v) is 4.98. The van der Waals surface area contributed by atoms with Gasteiger partial charge in [0.05, 0.1) is 12.3 Å². The number of likely N-dealkylation sites (N-methyl/N-ethyl adjacent to an activating group) is 1. The molecule has 0 aliphatic carbocycles. The fraction of sp³-hybridized carbons (Fsp3) is 0.600. The van der Waals surface area contributed by atoms with Crippen molar-refractivity contribution >= 4 is 28.3 Å². The van der Waals surface area contributed by atoms with Crippen LogP contribution in [0.4, 0.5) is 5.13 Å². The SMILES string of the molecule is CCN(CC(C)C(=O)O)C(=O)Cc1nnc(N)s1. The number of aliphatic carboxylic acids is 1. The third-order valence-electron chi connectivity index (χ3n) is 2.44. The van der Waals surface area contributed by atoms with Crippen LogP contribution in [0.1, 0.15) is 18.9 Å². The standard InChI is InChI=1S/C10H16N4O3S/c1-3-14(5-6(2)9(16)17)8(15)4-7-12-13-10(11)18-7/h6H,3-5H2,1-2H3,(H2,11,13)(H,16,17). The second-order valence-electron chi connectivity index (χ2n) is 3.88. The molecule has 1 aromatic rings. The minimum atomic E-state index is -0.915. The second kappa shape index (κ2) is 6.29. The summed E-state index contributed by atoms with van der Waals surface area (Å²) >= 11 is 1.16. The van der Waals surface area contributed by atoms with Gasteiger partial charge >= 0.3 is 5.97 Å². The average Bonchev–Trinajstić information content (AvgIpc) is 2.70. The number of carbonyl (C=O) groups excluding carboxylic acids is 1. The molecule has 8 heteroatoms. The first kappa shape index (κ1) is 14.4. The monoisotopic (exact) mass is 272 g/mol. The van der Waals surface area contributed by atoms with Crippen molar-refractivity contribution in [2.45, 2.75) is 20.3 Å². The largest absolute Gasteiger partial charge is 0.481 e. The molecule has 1 unspecified atom stereocenters. The van der Waals surface area contributed by atoms with E-state index in [1.165, 1.54) is 4.90 Å². The van der Waals surface area contributed by atoms with Crippen LogP contribution in [0, 0.1) is 5.92 Å². The maximum Gasteiger partial charge on any atom is 0.308 e. The molecule has 0 aliphatic rings. The first-order chi connectivity index (χ1) is 8.43. The highest BCUT2D eigenvalue weighted by molar-refractivity contribution is 7.15. The number of carboxylic acid groups (broad SMARTS) is 1. The Morgan fingerprint density at radius 2 is 2.17 bits per heavy atom. The summed E-state index contributed by atoms with van der Waals surface area (Å²) in [5, 5.41) is 17.1. The first-order valence-electron chi connectivity index (χ1n) is 5.52. The summed E-state index contributed by atoms with van der Waals surface area (Å²) in [5.74, 6) is -1.67. The van der Waals surface area contributed by atoms with Crippen LogP contribution in [-0.2, 0) is 16.0 Å². The van der Waals surface area contributed by atoms with Gasteiger partial charge in [-0.25, -0.2) is 0 Å². The van der Waals surface area contributed by atoms with Crippen molar-refractivity contribution in [2.24, 2.45) is 5.92 Å². The van der Waals surface area contributed by atoms with Crippen LogP contribution in [-0.4, -0.2) is 45.2 Å². The summed E-state index contributed by atoms with van der Waals surface area (Å²) in [6, 6.07) is 0. The van der Waals surface area contributed by atoms with Crippen LogP contribution in [0.25, 0.3) is 0 Å². The molecular formula is C10H16N4O3S. The molecule has 1 aromatic heterocycles. The van der Waals surface area contributed by atoms with E-state index < -0.39 is 11.9 Å². The molecule has 0 fully saturated rings. The lowest BCUT2D eigenvalue weighted by molar-refractivity contribution is -0.142. The van der Waals surface area contributed by atoms with Gasteiger partial charge < -0.3 is 15.7 Å². The molecule has 0 aliphatic heterocycles. The van der Waals surface area contributed by atoms with Gasteiger partial charge in [-0.3, -0.25) is 9.59 Å². The van der Waals surface area contributed by atoms with Gasteiger partial charge in [0.25, 0.3) is 0 Å². The van der Waals surface area contributed by atoms with Gasteiger partial charge in [-0.15, -0.1) is 10.2 Å². The van der Waals surface area contributed by atoms with E-state index in [1.807, 2.05) is 0 Å². The Kier molecular flexibility index (Phi) is 5.02. The molecule has 1 atom stereocenters. The quantitative estimate of drug-likeness (QED) is 0.767. The minimum Gasteiger partial charge on any atom is -0.481 e. The Hall–Kier alpha value is -1.70. The number of nitrogen functional groups attached to an aromatic ring is 1. The Morgan fingerprint density at radius 3 is 2.61 bits per heavy atom. The Labute approximate surface area is 109 Å². The predicted octanol–water partition coefficient (Wildman–Crippen LogP) is 0.232. The van der Waals surface area contributed by atoms with Crippen molar-refractivity contribution in [1.29, 1.82) is 0 Å². The molecule has 0 radical (unpaired) electrons. The van der Waals surface area contributed by atoms with Gasteiger partial charge in [0.1, 0.15) is 5.01 Å². The molecule has 18 heavy (non-hydrogen) atoms. The van der Waals surface area contributed by atoms with E-state index in [1.54, 1.807) is 13.8 Å². The van der Waals surface area contributed by atoms with Crippen molar-refractivity contribution in [2.75, 3.05) is 18.8 Å². The maximum atomic E-state index is 11.9. The van der Waals surface area contributed by atoms with E-state index in [9.17, 15) is 9.59 Å². The van der Waals surface area contributed by atoms with Gasteiger partial charge in [-0.05, 0) is 6.92 Å². The summed E-state index contributed by atoms with van der Waals surface area (Å²) in [4.78, 5) is 24.2. The highest BCUT2D eigenvalue weighted by Crippen LogP contribution is 2.13. The molecule has 100 valence electrons. The van der Waals surface area contributed by atoms with Crippen molar-refractivity contribution in [3.63, 3.8) is 0 Å². The summed E-state index contributed by atoms with van der Waals surface area (Å²) in [5.41, 5.74) is 5.43. The molecule has 7 nitrogen and oxygen atoms in total. The minimum absolute atomic E-state index is 0.106. The molecule has 3 N–H and O–H groups in total. The van der Waals surface area contributed by atoms with E-state index in [0.717, 1.165) is 11.3 Å². The summed E-state index contributed by atoms with van der Waals surface area (Å²) in [6.07, 6.45) is 0.106. The fourth-order valence-electron chi connectivity index (χ4n) is 1.40. The number of aromatic nitrogens is 2. The average molecular weight is 272 g/mol. The number of amides is 1. The van der Waals surface area contributed by atoms with Crippen LogP contribution in [0.3, 0.4) is 0 Å². The lowest BCUT2D eigenvalue weighted by atomic mass is 10.1. The van der Waals surface area contributed by atoms with Gasteiger partial charge in [0.2, 0.25) is 11.0 Å². The summed E-state index contributed by atoms with van der Waals surface area (Å²) < 4.78 is 0. The van der Waals surface area contributed by atoms with Crippen LogP contribution in [0.2, 0.25) is 0 Å². The number of nitrogens with two attached hydrogens (primary N) is 1. The number of carbonyl (C=O) groups is 2. The zero-order chi connectivity index (χ0) is 13.7. The van der Waals surface area contributed by atoms with E-state index in [0.29, 0.717) is 16.7 Å². The van der Waals surface area contributed by atoms with E-state index >= 15 is 0 Å². The fourth-order valence-corrected chi connectivity index (χ4v) is 2.00. The van der Waals surface area contributed by atoms with Gasteiger partial charge in [-0.2, -0.15) is 0 Å². The topological polar surface area (TPSA) is 109 Å². The van der Waals surface area contributed by atoms with Crippen molar-refractivity contribution in [3.05, 3.63) is 5.01 Å². The number of hydrogen-bond donors (Lipinski definition) is 2. The number of rotatable bonds is 6. The molecule has 1 heterocycles. The zero-order valence-corrected chi connectivity index (χ0v) is 11.1. The number of anilines is 1. The molecule has 0 bridgehead atoms. The lowest BCUT2D eigenvalue weighted by Gasteiger charge is -2.22. The van der Waals surface area contributed by atoms with Crippen LogP contribution < -0.4 is 5.73 Å². The number of hydrogen-bond acceptors (Lipinski definition) is 6. The van der Waals surface area contributed by atoms with Crippen LogP contribution in [0.5, 0.6) is 0 Å². The van der Waals surface area contributed by atoms with Crippen LogP contribution in [0.15, 0.2) is 0 Å². The Bertz CT molecular complexity index is 435. The molecule has 0 saturated heterocycles. The van der Waals surface area contributed by atoms with Crippen molar-refractivity contribution in [3.8, 4) is 0 Å².